The average molecular weight is 470 g/mol. The van der Waals surface area contributed by atoms with Crippen LogP contribution in [-0.2, 0) is 21.3 Å². The second-order valence-electron chi connectivity index (χ2n) is 7.52. The molecule has 172 valence electrons. The van der Waals surface area contributed by atoms with Crippen molar-refractivity contribution in [2.24, 2.45) is 0 Å². The van der Waals surface area contributed by atoms with Crippen molar-refractivity contribution in [3.05, 3.63) is 89.7 Å². The van der Waals surface area contributed by atoms with E-state index in [-0.39, 0.29) is 23.2 Å². The van der Waals surface area contributed by atoms with E-state index in [4.69, 9.17) is 4.74 Å². The summed E-state index contributed by atoms with van der Waals surface area (Å²) in [4.78, 5) is 13.0. The molecular formula is C24H24FN3O4S. The molecule has 9 heteroatoms. The Morgan fingerprint density at radius 1 is 0.939 bits per heavy atom. The van der Waals surface area contributed by atoms with Crippen molar-refractivity contribution >= 4 is 27.3 Å². The predicted molar refractivity (Wildman–Crippen MR) is 123 cm³/mol. The number of sulfonamides is 1. The molecule has 0 saturated carbocycles. The first-order chi connectivity index (χ1) is 15.9. The van der Waals surface area contributed by atoms with Crippen LogP contribution in [-0.4, -0.2) is 44.9 Å². The van der Waals surface area contributed by atoms with Crippen LogP contribution in [0.5, 0.6) is 0 Å². The normalized spacial score (nSPS) is 14.6. The van der Waals surface area contributed by atoms with E-state index in [9.17, 15) is 17.6 Å². The number of nitrogens with one attached hydrogen (secondary N) is 2. The summed E-state index contributed by atoms with van der Waals surface area (Å²) in [5.41, 5.74) is 2.46. The van der Waals surface area contributed by atoms with Crippen molar-refractivity contribution in [3.8, 4) is 0 Å². The van der Waals surface area contributed by atoms with Gasteiger partial charge in [0.1, 0.15) is 5.82 Å². The molecule has 0 unspecified atom stereocenters. The largest absolute Gasteiger partial charge is 0.379 e. The van der Waals surface area contributed by atoms with Crippen LogP contribution in [0, 0.1) is 5.82 Å². The molecule has 3 aromatic carbocycles. The first kappa shape index (κ1) is 22.9. The number of hydrogen-bond acceptors (Lipinski definition) is 5. The van der Waals surface area contributed by atoms with Gasteiger partial charge >= 0.3 is 0 Å². The van der Waals surface area contributed by atoms with Crippen LogP contribution in [0.2, 0.25) is 0 Å². The van der Waals surface area contributed by atoms with Crippen LogP contribution in [0.25, 0.3) is 0 Å². The highest BCUT2D eigenvalue weighted by molar-refractivity contribution is 7.89. The summed E-state index contributed by atoms with van der Waals surface area (Å²) in [6.07, 6.45) is 0. The number of ether oxygens (including phenoxy) is 1. The second-order valence-corrected chi connectivity index (χ2v) is 9.46. The predicted octanol–water partition coefficient (Wildman–Crippen LogP) is 3.52. The number of halogens is 1. The maximum absolute atomic E-state index is 13.1. The molecule has 3 aromatic rings. The molecule has 7 nitrogen and oxygen atoms in total. The maximum atomic E-state index is 13.1. The third-order valence-electron chi connectivity index (χ3n) is 5.28. The van der Waals surface area contributed by atoms with Crippen molar-refractivity contribution in [1.82, 2.24) is 9.62 Å². The summed E-state index contributed by atoms with van der Waals surface area (Å²) in [7, 11) is -3.56. The van der Waals surface area contributed by atoms with E-state index in [2.05, 4.69) is 10.6 Å². The van der Waals surface area contributed by atoms with Crippen LogP contribution < -0.4 is 10.6 Å². The van der Waals surface area contributed by atoms with Gasteiger partial charge in [-0.05, 0) is 54.1 Å². The van der Waals surface area contributed by atoms with Gasteiger partial charge < -0.3 is 15.4 Å². The van der Waals surface area contributed by atoms with Crippen molar-refractivity contribution in [2.45, 2.75) is 11.4 Å². The number of carbonyl (C=O) groups is 1. The molecule has 1 aliphatic heterocycles. The standard InChI is InChI=1S/C24H24FN3O4S/c25-19-7-9-20(10-8-19)27-23-4-2-1-3-22(23)24(29)26-17-18-5-11-21(12-6-18)33(30,31)28-13-15-32-16-14-28/h1-12,27H,13-17H2,(H,26,29). The number of para-hydroxylation sites is 1. The number of nitrogens with zero attached hydrogens (tertiary/aromatic N) is 1. The molecule has 1 fully saturated rings. The number of anilines is 2. The summed E-state index contributed by atoms with van der Waals surface area (Å²) >= 11 is 0. The molecule has 4 rings (SSSR count). The molecule has 1 aliphatic rings. The second kappa shape index (κ2) is 10.1. The minimum Gasteiger partial charge on any atom is -0.379 e. The molecule has 0 radical (unpaired) electrons. The SMILES string of the molecule is O=C(NCc1ccc(S(=O)(=O)N2CCOCC2)cc1)c1ccccc1Nc1ccc(F)cc1. The number of benzene rings is 3. The van der Waals surface area contributed by atoms with Crippen molar-refractivity contribution in [3.63, 3.8) is 0 Å². The average Bonchev–Trinajstić information content (AvgIpc) is 2.85. The van der Waals surface area contributed by atoms with Gasteiger partial charge in [0.25, 0.3) is 5.91 Å². The van der Waals surface area contributed by atoms with E-state index in [1.54, 1.807) is 60.7 Å². The molecule has 1 amide bonds. The van der Waals surface area contributed by atoms with Crippen LogP contribution in [0.1, 0.15) is 15.9 Å². The van der Waals surface area contributed by atoms with Gasteiger partial charge in [0.2, 0.25) is 10.0 Å². The Hall–Kier alpha value is -3.27. The van der Waals surface area contributed by atoms with Gasteiger partial charge in [0.15, 0.2) is 0 Å². The molecule has 0 bridgehead atoms. The Morgan fingerprint density at radius 3 is 2.30 bits per heavy atom. The van der Waals surface area contributed by atoms with E-state index < -0.39 is 10.0 Å². The highest BCUT2D eigenvalue weighted by Gasteiger charge is 2.26. The topological polar surface area (TPSA) is 87.7 Å². The first-order valence-electron chi connectivity index (χ1n) is 10.5. The zero-order chi connectivity index (χ0) is 23.3. The molecule has 0 atom stereocenters. The Kier molecular flexibility index (Phi) is 7.02. The lowest BCUT2D eigenvalue weighted by Crippen LogP contribution is -2.40. The Morgan fingerprint density at radius 2 is 1.61 bits per heavy atom. The number of amides is 1. The zero-order valence-electron chi connectivity index (χ0n) is 17.8. The Labute approximate surface area is 192 Å². The lowest BCUT2D eigenvalue weighted by Gasteiger charge is -2.26. The summed E-state index contributed by atoms with van der Waals surface area (Å²) in [6, 6.07) is 19.4. The minimum atomic E-state index is -3.56. The van der Waals surface area contributed by atoms with E-state index >= 15 is 0 Å². The molecule has 2 N–H and O–H groups in total. The van der Waals surface area contributed by atoms with Crippen LogP contribution in [0.4, 0.5) is 15.8 Å². The Balaban J connectivity index is 1.40. The van der Waals surface area contributed by atoms with Crippen LogP contribution in [0.3, 0.4) is 0 Å². The zero-order valence-corrected chi connectivity index (χ0v) is 18.6. The van der Waals surface area contributed by atoms with Crippen molar-refractivity contribution in [2.75, 3.05) is 31.6 Å². The Bertz CT molecular complexity index is 1210. The minimum absolute atomic E-state index is 0.216. The van der Waals surface area contributed by atoms with E-state index in [1.165, 1.54) is 16.4 Å². The monoisotopic (exact) mass is 469 g/mol. The van der Waals surface area contributed by atoms with Crippen LogP contribution in [0.15, 0.2) is 77.7 Å². The van der Waals surface area contributed by atoms with E-state index in [0.717, 1.165) is 5.56 Å². The lowest BCUT2D eigenvalue weighted by atomic mass is 10.1. The molecule has 0 aromatic heterocycles. The third-order valence-corrected chi connectivity index (χ3v) is 7.19. The van der Waals surface area contributed by atoms with Gasteiger partial charge in [-0.2, -0.15) is 4.31 Å². The fourth-order valence-corrected chi connectivity index (χ4v) is 4.88. The molecule has 0 aliphatic carbocycles. The maximum Gasteiger partial charge on any atom is 0.253 e. The summed E-state index contributed by atoms with van der Waals surface area (Å²) in [5, 5.41) is 5.98. The molecular weight excluding hydrogens is 445 g/mol. The van der Waals surface area contributed by atoms with Crippen LogP contribution >= 0.6 is 0 Å². The van der Waals surface area contributed by atoms with Crippen molar-refractivity contribution < 1.29 is 22.3 Å². The van der Waals surface area contributed by atoms with Gasteiger partial charge in [-0.1, -0.05) is 24.3 Å². The highest BCUT2D eigenvalue weighted by Crippen LogP contribution is 2.22. The van der Waals surface area contributed by atoms with Gasteiger partial charge in [-0.25, -0.2) is 12.8 Å². The number of carbonyl (C=O) groups excluding carboxylic acids is 1. The summed E-state index contributed by atoms with van der Waals surface area (Å²) in [5.74, 6) is -0.624. The number of hydrogen-bond donors (Lipinski definition) is 2. The fraction of sp³-hybridized carbons (Fsp3) is 0.208. The summed E-state index contributed by atoms with van der Waals surface area (Å²) < 4.78 is 45.2. The molecule has 33 heavy (non-hydrogen) atoms. The molecule has 1 heterocycles. The van der Waals surface area contributed by atoms with Gasteiger partial charge in [0.05, 0.1) is 29.4 Å². The van der Waals surface area contributed by atoms with Gasteiger partial charge in [-0.15, -0.1) is 0 Å². The lowest BCUT2D eigenvalue weighted by molar-refractivity contribution is 0.0730. The summed E-state index contributed by atoms with van der Waals surface area (Å²) in [6.45, 7) is 1.69. The number of morpholine rings is 1. The van der Waals surface area contributed by atoms with E-state index in [1.807, 2.05) is 0 Å². The molecule has 1 saturated heterocycles. The first-order valence-corrected chi connectivity index (χ1v) is 11.9. The quantitative estimate of drug-likeness (QED) is 0.553. The highest BCUT2D eigenvalue weighted by atomic mass is 32.2. The fourth-order valence-electron chi connectivity index (χ4n) is 3.47. The number of rotatable bonds is 7. The smallest absolute Gasteiger partial charge is 0.253 e. The third kappa shape index (κ3) is 5.57. The molecule has 0 spiro atoms. The van der Waals surface area contributed by atoms with Gasteiger partial charge in [0, 0.05) is 25.3 Å². The van der Waals surface area contributed by atoms with Crippen molar-refractivity contribution in [1.29, 1.82) is 0 Å². The van der Waals surface area contributed by atoms with Gasteiger partial charge in [-0.3, -0.25) is 4.79 Å². The van der Waals surface area contributed by atoms with E-state index in [0.29, 0.717) is 43.2 Å².